The van der Waals surface area contributed by atoms with Gasteiger partial charge in [0.1, 0.15) is 12.0 Å². The molecule has 3 aromatic rings. The molecule has 0 saturated heterocycles. The van der Waals surface area contributed by atoms with Crippen LogP contribution < -0.4 is 0 Å². The number of fused-ring (bicyclic) bond motifs is 1. The van der Waals surface area contributed by atoms with Gasteiger partial charge in [0, 0.05) is 6.07 Å². The fourth-order valence-electron chi connectivity index (χ4n) is 1.74. The quantitative estimate of drug-likeness (QED) is 0.522. The van der Waals surface area contributed by atoms with Gasteiger partial charge in [0.25, 0.3) is 5.69 Å². The number of hydrogen-bond acceptors (Lipinski definition) is 4. The standard InChI is InChI=1S/C12H7FN4O2/c13-10-4-2-1-3-9(10)12-14-11-6-5-8(17(18)19)7-16(11)15-12/h1-7H. The van der Waals surface area contributed by atoms with Crippen molar-refractivity contribution in [2.75, 3.05) is 0 Å². The second-order valence-electron chi connectivity index (χ2n) is 3.86. The molecule has 0 aliphatic rings. The van der Waals surface area contributed by atoms with Crippen LogP contribution in [0.5, 0.6) is 0 Å². The van der Waals surface area contributed by atoms with E-state index in [1.54, 1.807) is 18.2 Å². The van der Waals surface area contributed by atoms with E-state index < -0.39 is 10.7 Å². The van der Waals surface area contributed by atoms with E-state index in [2.05, 4.69) is 10.1 Å². The molecule has 2 heterocycles. The summed E-state index contributed by atoms with van der Waals surface area (Å²) < 4.78 is 14.9. The van der Waals surface area contributed by atoms with Gasteiger partial charge < -0.3 is 0 Å². The Morgan fingerprint density at radius 3 is 2.74 bits per heavy atom. The third-order valence-corrected chi connectivity index (χ3v) is 2.64. The minimum atomic E-state index is -0.524. The number of hydrogen-bond donors (Lipinski definition) is 0. The summed E-state index contributed by atoms with van der Waals surface area (Å²) in [6.45, 7) is 0. The Hall–Kier alpha value is -2.83. The van der Waals surface area contributed by atoms with Crippen molar-refractivity contribution in [2.24, 2.45) is 0 Å². The minimum absolute atomic E-state index is 0.0996. The summed E-state index contributed by atoms with van der Waals surface area (Å²) in [5, 5.41) is 14.7. The largest absolute Gasteiger partial charge is 0.287 e. The summed E-state index contributed by atoms with van der Waals surface area (Å²) in [6, 6.07) is 8.90. The van der Waals surface area contributed by atoms with Gasteiger partial charge in [-0.3, -0.25) is 10.1 Å². The van der Waals surface area contributed by atoms with Gasteiger partial charge in [-0.15, -0.1) is 5.10 Å². The van der Waals surface area contributed by atoms with Gasteiger partial charge in [-0.2, -0.15) is 0 Å². The van der Waals surface area contributed by atoms with Gasteiger partial charge in [-0.1, -0.05) is 12.1 Å². The highest BCUT2D eigenvalue weighted by atomic mass is 19.1. The SMILES string of the molecule is O=[N+]([O-])c1ccc2nc(-c3ccccc3F)nn2c1. The average molecular weight is 258 g/mol. The summed E-state index contributed by atoms with van der Waals surface area (Å²) in [4.78, 5) is 14.3. The first kappa shape index (κ1) is 11.3. The normalized spacial score (nSPS) is 10.8. The van der Waals surface area contributed by atoms with Gasteiger partial charge >= 0.3 is 0 Å². The molecule has 2 aromatic heterocycles. The van der Waals surface area contributed by atoms with Crippen molar-refractivity contribution in [2.45, 2.75) is 0 Å². The first-order valence-corrected chi connectivity index (χ1v) is 5.41. The molecule has 0 fully saturated rings. The molecule has 0 unspecified atom stereocenters. The summed E-state index contributed by atoms with van der Waals surface area (Å²) in [7, 11) is 0. The monoisotopic (exact) mass is 258 g/mol. The van der Waals surface area contributed by atoms with E-state index >= 15 is 0 Å². The van der Waals surface area contributed by atoms with E-state index in [0.717, 1.165) is 0 Å². The molecule has 0 radical (unpaired) electrons. The van der Waals surface area contributed by atoms with Gasteiger partial charge in [0.2, 0.25) is 0 Å². The van der Waals surface area contributed by atoms with Gasteiger partial charge in [0.15, 0.2) is 11.5 Å². The van der Waals surface area contributed by atoms with Gasteiger partial charge in [-0.25, -0.2) is 13.9 Å². The highest BCUT2D eigenvalue weighted by molar-refractivity contribution is 5.59. The lowest BCUT2D eigenvalue weighted by Gasteiger charge is -1.95. The second kappa shape index (κ2) is 4.13. The van der Waals surface area contributed by atoms with Crippen molar-refractivity contribution in [3.8, 4) is 11.4 Å². The Morgan fingerprint density at radius 2 is 2.00 bits per heavy atom. The lowest BCUT2D eigenvalue weighted by atomic mass is 10.2. The molecule has 6 nitrogen and oxygen atoms in total. The summed E-state index contributed by atoms with van der Waals surface area (Å²) >= 11 is 0. The van der Waals surface area contributed by atoms with Crippen molar-refractivity contribution in [3.63, 3.8) is 0 Å². The van der Waals surface area contributed by atoms with Crippen LogP contribution in [0.2, 0.25) is 0 Å². The van der Waals surface area contributed by atoms with Crippen LogP contribution >= 0.6 is 0 Å². The zero-order valence-corrected chi connectivity index (χ0v) is 9.52. The molecule has 0 aliphatic carbocycles. The third kappa shape index (κ3) is 1.90. The molecule has 1 aromatic carbocycles. The Morgan fingerprint density at radius 1 is 1.21 bits per heavy atom. The third-order valence-electron chi connectivity index (χ3n) is 2.64. The van der Waals surface area contributed by atoms with Crippen molar-refractivity contribution >= 4 is 11.3 Å². The number of nitrogens with zero attached hydrogens (tertiary/aromatic N) is 4. The maximum absolute atomic E-state index is 13.6. The van der Waals surface area contributed by atoms with E-state index in [0.29, 0.717) is 5.65 Å². The topological polar surface area (TPSA) is 73.3 Å². The molecular formula is C12H7FN4O2. The molecule has 0 amide bonds. The smallest absolute Gasteiger partial charge is 0.258 e. The van der Waals surface area contributed by atoms with Crippen LogP contribution in [0.25, 0.3) is 17.0 Å². The zero-order chi connectivity index (χ0) is 13.4. The van der Waals surface area contributed by atoms with Crippen LogP contribution in [0.3, 0.4) is 0 Å². The van der Waals surface area contributed by atoms with E-state index in [9.17, 15) is 14.5 Å². The number of aromatic nitrogens is 3. The van der Waals surface area contributed by atoms with Crippen LogP contribution in [-0.4, -0.2) is 19.5 Å². The molecule has 0 bridgehead atoms. The summed E-state index contributed by atoms with van der Waals surface area (Å²) in [5.41, 5.74) is 0.579. The predicted octanol–water partition coefficient (Wildman–Crippen LogP) is 2.44. The van der Waals surface area contributed by atoms with Crippen LogP contribution in [0.4, 0.5) is 10.1 Å². The van der Waals surface area contributed by atoms with Crippen LogP contribution in [0, 0.1) is 15.9 Å². The molecule has 0 atom stereocenters. The number of halogens is 1. The molecule has 0 N–H and O–H groups in total. The summed E-state index contributed by atoms with van der Waals surface area (Å²) in [6.07, 6.45) is 1.24. The highest BCUT2D eigenvalue weighted by Gasteiger charge is 2.13. The van der Waals surface area contributed by atoms with Gasteiger partial charge in [-0.05, 0) is 18.2 Å². The minimum Gasteiger partial charge on any atom is -0.258 e. The molecular weight excluding hydrogens is 251 g/mol. The highest BCUT2D eigenvalue weighted by Crippen LogP contribution is 2.20. The molecule has 94 valence electrons. The number of pyridine rings is 1. The van der Waals surface area contributed by atoms with Crippen LogP contribution in [0.15, 0.2) is 42.6 Å². The van der Waals surface area contributed by atoms with E-state index in [1.165, 1.54) is 28.9 Å². The molecule has 19 heavy (non-hydrogen) atoms. The van der Waals surface area contributed by atoms with E-state index in [1.807, 2.05) is 0 Å². The van der Waals surface area contributed by atoms with E-state index in [-0.39, 0.29) is 17.1 Å². The Balaban J connectivity index is 2.17. The van der Waals surface area contributed by atoms with Gasteiger partial charge in [0.05, 0.1) is 10.5 Å². The first-order valence-electron chi connectivity index (χ1n) is 5.41. The lowest BCUT2D eigenvalue weighted by molar-refractivity contribution is -0.385. The number of nitro groups is 1. The van der Waals surface area contributed by atoms with Crippen molar-refractivity contribution in [3.05, 3.63) is 58.5 Å². The molecule has 0 aliphatic heterocycles. The number of benzene rings is 1. The average Bonchev–Trinajstić information content (AvgIpc) is 2.81. The van der Waals surface area contributed by atoms with Crippen molar-refractivity contribution < 1.29 is 9.31 Å². The molecule has 0 spiro atoms. The fourth-order valence-corrected chi connectivity index (χ4v) is 1.74. The lowest BCUT2D eigenvalue weighted by Crippen LogP contribution is -1.93. The van der Waals surface area contributed by atoms with Crippen LogP contribution in [-0.2, 0) is 0 Å². The van der Waals surface area contributed by atoms with E-state index in [4.69, 9.17) is 0 Å². The maximum atomic E-state index is 13.6. The zero-order valence-electron chi connectivity index (χ0n) is 9.52. The first-order chi connectivity index (χ1) is 9.15. The van der Waals surface area contributed by atoms with Crippen molar-refractivity contribution in [1.29, 1.82) is 0 Å². The molecule has 0 saturated carbocycles. The Labute approximate surface area is 106 Å². The molecule has 7 heteroatoms. The Bertz CT molecular complexity index is 784. The predicted molar refractivity (Wildman–Crippen MR) is 65.0 cm³/mol. The fraction of sp³-hybridized carbons (Fsp3) is 0. The Kier molecular flexibility index (Phi) is 2.45. The maximum Gasteiger partial charge on any atom is 0.287 e. The second-order valence-corrected chi connectivity index (χ2v) is 3.86. The number of rotatable bonds is 2. The van der Waals surface area contributed by atoms with Crippen molar-refractivity contribution in [1.82, 2.24) is 14.6 Å². The summed E-state index contributed by atoms with van der Waals surface area (Å²) in [5.74, 6) is -0.244. The van der Waals surface area contributed by atoms with Crippen LogP contribution in [0.1, 0.15) is 0 Å². The molecule has 3 rings (SSSR count).